The van der Waals surface area contributed by atoms with Crippen molar-refractivity contribution in [1.82, 2.24) is 0 Å². The molecule has 130 valence electrons. The lowest BCUT2D eigenvalue weighted by Crippen LogP contribution is -2.03. The minimum Gasteiger partial charge on any atom is -0.481 e. The monoisotopic (exact) mass is 322 g/mol. The lowest BCUT2D eigenvalue weighted by atomic mass is 10.1. The normalized spacial score (nSPS) is 15.3. The Balaban J connectivity index is 3.82. The molecule has 0 saturated heterocycles. The lowest BCUT2D eigenvalue weighted by Gasteiger charge is -2.02. The Morgan fingerprint density at radius 1 is 0.826 bits per heavy atom. The van der Waals surface area contributed by atoms with E-state index in [4.69, 9.17) is 5.11 Å². The largest absolute Gasteiger partial charge is 0.481 e. The average molecular weight is 322 g/mol. The quantitative estimate of drug-likeness (QED) is 0.356. The van der Waals surface area contributed by atoms with Crippen molar-refractivity contribution in [2.45, 2.75) is 64.1 Å². The van der Waals surface area contributed by atoms with Gasteiger partial charge in [0.25, 0.3) is 0 Å². The zero-order valence-electron chi connectivity index (χ0n) is 14.0. The fourth-order valence-corrected chi connectivity index (χ4v) is 1.90. The first kappa shape index (κ1) is 21.4. The van der Waals surface area contributed by atoms with Crippen LogP contribution in [0, 0.1) is 0 Å². The van der Waals surface area contributed by atoms with Gasteiger partial charge in [0.05, 0.1) is 12.2 Å². The lowest BCUT2D eigenvalue weighted by molar-refractivity contribution is -0.137. The molecule has 4 heteroatoms. The summed E-state index contributed by atoms with van der Waals surface area (Å²) in [7, 11) is 0. The van der Waals surface area contributed by atoms with Gasteiger partial charge in [-0.25, -0.2) is 0 Å². The second kappa shape index (κ2) is 15.3. The summed E-state index contributed by atoms with van der Waals surface area (Å²) in [5, 5.41) is 27.7. The zero-order valence-corrected chi connectivity index (χ0v) is 14.0. The van der Waals surface area contributed by atoms with Gasteiger partial charge < -0.3 is 15.3 Å². The second-order valence-electron chi connectivity index (χ2n) is 5.46. The number of rotatable bonds is 13. The Morgan fingerprint density at radius 2 is 1.30 bits per heavy atom. The highest BCUT2D eigenvalue weighted by atomic mass is 16.4. The van der Waals surface area contributed by atoms with E-state index in [1.807, 2.05) is 24.3 Å². The van der Waals surface area contributed by atoms with E-state index < -0.39 is 12.1 Å². The Kier molecular flexibility index (Phi) is 14.2. The van der Waals surface area contributed by atoms with Gasteiger partial charge in [0.15, 0.2) is 0 Å². The highest BCUT2D eigenvalue weighted by Crippen LogP contribution is 2.04. The van der Waals surface area contributed by atoms with Gasteiger partial charge in [-0.2, -0.15) is 0 Å². The van der Waals surface area contributed by atoms with Crippen molar-refractivity contribution < 1.29 is 20.1 Å². The van der Waals surface area contributed by atoms with Gasteiger partial charge in [0.2, 0.25) is 0 Å². The molecule has 0 unspecified atom stereocenters. The van der Waals surface area contributed by atoms with Crippen molar-refractivity contribution in [3.05, 3.63) is 48.6 Å². The predicted octanol–water partition coefficient (Wildman–Crippen LogP) is 3.77. The summed E-state index contributed by atoms with van der Waals surface area (Å²) in [6, 6.07) is 0. The maximum atomic E-state index is 10.3. The standard InChI is InChI=1S/C19H30O4/c1-2-3-8-12-17(20)13-9-6-4-5-7-10-14-18(21)15-11-16-19(22)23/h4-7,9-10,13-14,17-18,20-21H,2-3,8,11-12,15-16H2,1H3,(H,22,23)/t17-,18+/m0/s1. The SMILES string of the molecule is CCCCC[C@H](O)C=CC=CC=CC=C[C@@H](O)CCCC(=O)O. The van der Waals surface area contributed by atoms with Crippen LogP contribution >= 0.6 is 0 Å². The van der Waals surface area contributed by atoms with E-state index in [-0.39, 0.29) is 12.5 Å². The van der Waals surface area contributed by atoms with E-state index in [0.29, 0.717) is 12.8 Å². The predicted molar refractivity (Wildman–Crippen MR) is 94.2 cm³/mol. The molecule has 0 aromatic rings. The molecule has 0 bridgehead atoms. The van der Waals surface area contributed by atoms with E-state index in [1.54, 1.807) is 24.3 Å². The number of hydrogen-bond donors (Lipinski definition) is 3. The van der Waals surface area contributed by atoms with Crippen LogP contribution in [0.2, 0.25) is 0 Å². The highest BCUT2D eigenvalue weighted by molar-refractivity contribution is 5.66. The fraction of sp³-hybridized carbons (Fsp3) is 0.526. The summed E-state index contributed by atoms with van der Waals surface area (Å²) < 4.78 is 0. The smallest absolute Gasteiger partial charge is 0.303 e. The number of unbranched alkanes of at least 4 members (excludes halogenated alkanes) is 2. The third-order valence-electron chi connectivity index (χ3n) is 3.22. The molecular weight excluding hydrogens is 292 g/mol. The molecule has 0 aliphatic rings. The van der Waals surface area contributed by atoms with Gasteiger partial charge in [-0.1, -0.05) is 74.8 Å². The first-order valence-corrected chi connectivity index (χ1v) is 8.32. The van der Waals surface area contributed by atoms with Gasteiger partial charge >= 0.3 is 5.97 Å². The Bertz CT molecular complexity index is 408. The third-order valence-corrected chi connectivity index (χ3v) is 3.22. The maximum Gasteiger partial charge on any atom is 0.303 e. The molecule has 0 rings (SSSR count). The van der Waals surface area contributed by atoms with Crippen molar-refractivity contribution in [3.63, 3.8) is 0 Å². The Hall–Kier alpha value is -1.65. The number of carboxylic acid groups (broad SMARTS) is 1. The van der Waals surface area contributed by atoms with Gasteiger partial charge in [-0.05, 0) is 19.3 Å². The van der Waals surface area contributed by atoms with E-state index in [1.165, 1.54) is 0 Å². The molecule has 0 heterocycles. The Morgan fingerprint density at radius 3 is 1.78 bits per heavy atom. The minimum absolute atomic E-state index is 0.0834. The summed E-state index contributed by atoms with van der Waals surface area (Å²) in [4.78, 5) is 10.3. The first-order valence-electron chi connectivity index (χ1n) is 8.32. The van der Waals surface area contributed by atoms with Crippen LogP contribution in [0.3, 0.4) is 0 Å². The van der Waals surface area contributed by atoms with E-state index in [9.17, 15) is 15.0 Å². The molecule has 4 nitrogen and oxygen atoms in total. The van der Waals surface area contributed by atoms with Crippen molar-refractivity contribution in [2.75, 3.05) is 0 Å². The van der Waals surface area contributed by atoms with Crippen LogP contribution in [-0.4, -0.2) is 33.5 Å². The van der Waals surface area contributed by atoms with Crippen molar-refractivity contribution in [2.24, 2.45) is 0 Å². The molecule has 0 radical (unpaired) electrons. The number of carbonyl (C=O) groups is 1. The molecule has 0 saturated carbocycles. The van der Waals surface area contributed by atoms with Gasteiger partial charge in [0.1, 0.15) is 0 Å². The molecule has 0 aliphatic heterocycles. The number of carboxylic acids is 1. The number of aliphatic carboxylic acids is 1. The first-order chi connectivity index (χ1) is 11.1. The van der Waals surface area contributed by atoms with E-state index in [0.717, 1.165) is 25.7 Å². The van der Waals surface area contributed by atoms with Crippen LogP contribution < -0.4 is 0 Å². The molecule has 0 aliphatic carbocycles. The van der Waals surface area contributed by atoms with Crippen LogP contribution in [0.1, 0.15) is 51.9 Å². The number of allylic oxidation sites excluding steroid dienone is 6. The van der Waals surface area contributed by atoms with Crippen LogP contribution in [-0.2, 0) is 4.79 Å². The molecule has 2 atom stereocenters. The van der Waals surface area contributed by atoms with Crippen molar-refractivity contribution in [1.29, 1.82) is 0 Å². The van der Waals surface area contributed by atoms with Crippen molar-refractivity contribution >= 4 is 5.97 Å². The van der Waals surface area contributed by atoms with Gasteiger partial charge in [-0.3, -0.25) is 4.79 Å². The fourth-order valence-electron chi connectivity index (χ4n) is 1.90. The number of aliphatic hydroxyl groups is 2. The molecular formula is C19H30O4. The van der Waals surface area contributed by atoms with Crippen LogP contribution in [0.4, 0.5) is 0 Å². The maximum absolute atomic E-state index is 10.3. The van der Waals surface area contributed by atoms with Crippen LogP contribution in [0.5, 0.6) is 0 Å². The van der Waals surface area contributed by atoms with Crippen LogP contribution in [0.15, 0.2) is 48.6 Å². The van der Waals surface area contributed by atoms with E-state index in [2.05, 4.69) is 6.92 Å². The molecule has 0 spiro atoms. The molecule has 3 N–H and O–H groups in total. The minimum atomic E-state index is -0.838. The second-order valence-corrected chi connectivity index (χ2v) is 5.46. The summed E-state index contributed by atoms with van der Waals surface area (Å²) in [6.45, 7) is 2.14. The van der Waals surface area contributed by atoms with Crippen molar-refractivity contribution in [3.8, 4) is 0 Å². The summed E-state index contributed by atoms with van der Waals surface area (Å²) in [5.41, 5.74) is 0. The molecule has 0 amide bonds. The topological polar surface area (TPSA) is 77.8 Å². The van der Waals surface area contributed by atoms with Gasteiger partial charge in [-0.15, -0.1) is 0 Å². The van der Waals surface area contributed by atoms with E-state index >= 15 is 0 Å². The highest BCUT2D eigenvalue weighted by Gasteiger charge is 2.01. The third kappa shape index (κ3) is 16.5. The van der Waals surface area contributed by atoms with Crippen LogP contribution in [0.25, 0.3) is 0 Å². The van der Waals surface area contributed by atoms with Gasteiger partial charge in [0, 0.05) is 6.42 Å². The Labute approximate surface area is 139 Å². The summed E-state index contributed by atoms with van der Waals surface area (Å²) in [6.07, 6.45) is 18.5. The molecule has 0 aromatic heterocycles. The summed E-state index contributed by atoms with van der Waals surface area (Å²) >= 11 is 0. The average Bonchev–Trinajstić information content (AvgIpc) is 2.49. The zero-order chi connectivity index (χ0) is 17.3. The number of aliphatic hydroxyl groups excluding tert-OH is 2. The number of hydrogen-bond acceptors (Lipinski definition) is 3. The summed E-state index contributed by atoms with van der Waals surface area (Å²) in [5.74, 6) is -0.838. The molecule has 0 aromatic carbocycles. The molecule has 23 heavy (non-hydrogen) atoms. The molecule has 0 fully saturated rings.